The maximum Gasteiger partial charge on any atom is 0.433 e. The third kappa shape index (κ3) is 9.53. The highest BCUT2D eigenvalue weighted by molar-refractivity contribution is 9.10. The summed E-state index contributed by atoms with van der Waals surface area (Å²) in [6.45, 7) is 1.41. The highest BCUT2D eigenvalue weighted by Gasteiger charge is 2.39. The maximum atomic E-state index is 13.6. The van der Waals surface area contributed by atoms with E-state index in [1.807, 2.05) is 0 Å². The van der Waals surface area contributed by atoms with Crippen LogP contribution in [0.1, 0.15) is 34.3 Å². The molecule has 0 radical (unpaired) electrons. The largest absolute Gasteiger partial charge is 0.616 e. The summed E-state index contributed by atoms with van der Waals surface area (Å²) < 4.78 is 89.6. The van der Waals surface area contributed by atoms with Gasteiger partial charge in [-0.05, 0) is 69.4 Å². The van der Waals surface area contributed by atoms with Gasteiger partial charge < -0.3 is 9.87 Å². The van der Waals surface area contributed by atoms with E-state index in [1.54, 1.807) is 0 Å². The number of allylic oxidation sites excluding steroid dienone is 1. The number of amides is 1. The number of hydrogen-bond donors (Lipinski definition) is 1. The molecule has 3 atom stereocenters. The van der Waals surface area contributed by atoms with E-state index in [2.05, 4.69) is 21.2 Å². The molecule has 3 nitrogen and oxygen atoms in total. The maximum absolute atomic E-state index is 13.6. The fourth-order valence-electron chi connectivity index (χ4n) is 3.01. The summed E-state index contributed by atoms with van der Waals surface area (Å²) in [5.41, 5.74) is 0.352. The van der Waals surface area contributed by atoms with E-state index in [0.29, 0.717) is 5.56 Å². The Labute approximate surface area is 219 Å². The van der Waals surface area contributed by atoms with Crippen LogP contribution in [0.4, 0.5) is 26.3 Å². The van der Waals surface area contributed by atoms with Crippen LogP contribution in [-0.4, -0.2) is 40.4 Å². The number of hydrogen-bond acceptors (Lipinski definition) is 2. The molecule has 2 aromatic rings. The molecule has 0 aliphatic rings. The molecule has 0 bridgehead atoms. The molecule has 0 spiro atoms. The molecule has 2 rings (SSSR count). The minimum atomic E-state index is -4.60. The van der Waals surface area contributed by atoms with Gasteiger partial charge in [0.05, 0.1) is 27.6 Å². The van der Waals surface area contributed by atoms with E-state index in [9.17, 15) is 35.7 Å². The summed E-state index contributed by atoms with van der Waals surface area (Å²) in [6.07, 6.45) is -7.01. The van der Waals surface area contributed by atoms with Crippen molar-refractivity contribution in [3.63, 3.8) is 0 Å². The lowest BCUT2D eigenvalue weighted by molar-refractivity contribution is -0.139. The number of benzene rings is 2. The van der Waals surface area contributed by atoms with E-state index < -0.39 is 52.9 Å². The van der Waals surface area contributed by atoms with Crippen molar-refractivity contribution in [3.8, 4) is 0 Å². The first-order chi connectivity index (χ1) is 16.1. The predicted octanol–water partition coefficient (Wildman–Crippen LogP) is 7.54. The molecule has 0 saturated carbocycles. The molecule has 192 valence electrons. The Balaban J connectivity index is 2.13. The molecule has 35 heavy (non-hydrogen) atoms. The lowest BCUT2D eigenvalue weighted by Crippen LogP contribution is -2.39. The molecular formula is C22H18BrCl2F6NO2S. The minimum Gasteiger partial charge on any atom is -0.616 e. The summed E-state index contributed by atoms with van der Waals surface area (Å²) in [7, 11) is 0. The van der Waals surface area contributed by atoms with Crippen LogP contribution in [0.15, 0.2) is 46.9 Å². The molecule has 0 saturated heterocycles. The van der Waals surface area contributed by atoms with Crippen LogP contribution in [0.5, 0.6) is 0 Å². The van der Waals surface area contributed by atoms with E-state index in [0.717, 1.165) is 12.1 Å². The van der Waals surface area contributed by atoms with Gasteiger partial charge in [-0.25, -0.2) is 0 Å². The summed E-state index contributed by atoms with van der Waals surface area (Å²) >= 11 is 12.6. The average molecular weight is 625 g/mol. The Bertz CT molecular complexity index is 1080. The van der Waals surface area contributed by atoms with Crippen LogP contribution in [0.3, 0.4) is 0 Å². The third-order valence-electron chi connectivity index (χ3n) is 4.51. The van der Waals surface area contributed by atoms with Gasteiger partial charge in [0.15, 0.2) is 0 Å². The average Bonchev–Trinajstić information content (AvgIpc) is 2.68. The number of nitrogens with one attached hydrogen (secondary N) is 1. The Morgan fingerprint density at radius 2 is 1.77 bits per heavy atom. The highest BCUT2D eigenvalue weighted by atomic mass is 79.9. The Morgan fingerprint density at radius 1 is 1.11 bits per heavy atom. The minimum absolute atomic E-state index is 0.0126. The number of alkyl halides is 6. The van der Waals surface area contributed by atoms with Crippen molar-refractivity contribution in [2.45, 2.75) is 31.2 Å². The number of rotatable bonds is 8. The smallest absolute Gasteiger partial charge is 0.433 e. The van der Waals surface area contributed by atoms with Gasteiger partial charge in [-0.3, -0.25) is 4.79 Å². The van der Waals surface area contributed by atoms with Gasteiger partial charge in [0.25, 0.3) is 5.91 Å². The second kappa shape index (κ2) is 12.2. The normalized spacial score (nSPS) is 15.2. The zero-order chi connectivity index (χ0) is 26.6. The molecule has 13 heteroatoms. The summed E-state index contributed by atoms with van der Waals surface area (Å²) in [4.78, 5) is 12.4. The first-order valence-corrected chi connectivity index (χ1v) is 12.8. The second-order valence-electron chi connectivity index (χ2n) is 7.53. The molecule has 0 aliphatic heterocycles. The topological polar surface area (TPSA) is 52.2 Å². The second-order valence-corrected chi connectivity index (χ2v) is 10.7. The van der Waals surface area contributed by atoms with Gasteiger partial charge in [-0.15, -0.1) is 0 Å². The predicted molar refractivity (Wildman–Crippen MR) is 129 cm³/mol. The van der Waals surface area contributed by atoms with Gasteiger partial charge in [0.1, 0.15) is 5.75 Å². The van der Waals surface area contributed by atoms with Crippen molar-refractivity contribution in [1.29, 1.82) is 0 Å². The Hall–Kier alpha value is -1.40. The van der Waals surface area contributed by atoms with Crippen molar-refractivity contribution in [3.05, 3.63) is 73.7 Å². The van der Waals surface area contributed by atoms with Crippen LogP contribution in [-0.2, 0) is 11.2 Å². The van der Waals surface area contributed by atoms with Crippen LogP contribution < -0.4 is 5.32 Å². The fraction of sp³-hybridized carbons (Fsp3) is 0.318. The summed E-state index contributed by atoms with van der Waals surface area (Å²) in [5, 5.41) is 2.57. The molecule has 0 aromatic heterocycles. The van der Waals surface area contributed by atoms with Crippen LogP contribution in [0, 0.1) is 0 Å². The fourth-order valence-corrected chi connectivity index (χ4v) is 5.01. The van der Waals surface area contributed by atoms with E-state index in [-0.39, 0.29) is 25.6 Å². The zero-order valence-corrected chi connectivity index (χ0v) is 21.7. The van der Waals surface area contributed by atoms with Gasteiger partial charge in [-0.2, -0.15) is 26.3 Å². The van der Waals surface area contributed by atoms with Gasteiger partial charge in [-0.1, -0.05) is 47.5 Å². The van der Waals surface area contributed by atoms with E-state index in [4.69, 9.17) is 23.2 Å². The lowest BCUT2D eigenvalue weighted by Gasteiger charge is -2.19. The molecule has 2 aromatic carbocycles. The van der Waals surface area contributed by atoms with Crippen molar-refractivity contribution in [1.82, 2.24) is 5.32 Å². The van der Waals surface area contributed by atoms with Crippen LogP contribution in [0.2, 0.25) is 10.0 Å². The van der Waals surface area contributed by atoms with E-state index in [1.165, 1.54) is 43.3 Å². The molecule has 3 unspecified atom stereocenters. The number of halogens is 9. The molecule has 1 amide bonds. The van der Waals surface area contributed by atoms with Crippen molar-refractivity contribution < 1.29 is 35.7 Å². The highest BCUT2D eigenvalue weighted by Crippen LogP contribution is 2.38. The molecule has 0 aliphatic carbocycles. The first-order valence-electron chi connectivity index (χ1n) is 9.79. The summed E-state index contributed by atoms with van der Waals surface area (Å²) in [6, 6.07) is 7.00. The Morgan fingerprint density at radius 3 is 2.31 bits per heavy atom. The standard InChI is InChI=1S/C22H18BrCl2F6NO2S/c1-12(10-35(34)11-21(26,27)28)32-20(33)15-5-2-13(8-17(15)23)3-6-16(22(29,30)31)14-4-7-18(24)19(25)9-14/h2-9,12,16H,10-11H2,1H3,(H,32,33)/b6-3+. The number of carbonyl (C=O) groups excluding carboxylic acids is 1. The molecule has 0 fully saturated rings. The summed E-state index contributed by atoms with van der Waals surface area (Å²) in [5.74, 6) is -4.47. The van der Waals surface area contributed by atoms with Gasteiger partial charge in [0, 0.05) is 4.47 Å². The van der Waals surface area contributed by atoms with Crippen molar-refractivity contribution >= 4 is 62.3 Å². The van der Waals surface area contributed by atoms with Crippen molar-refractivity contribution in [2.75, 3.05) is 11.5 Å². The monoisotopic (exact) mass is 623 g/mol. The van der Waals surface area contributed by atoms with Crippen LogP contribution in [0.25, 0.3) is 6.08 Å². The molecule has 0 heterocycles. The SMILES string of the molecule is CC(C[S+]([O-])CC(F)(F)F)NC(=O)c1ccc(/C=C/C(c2ccc(Cl)c(Cl)c2)C(F)(F)F)cc1Br. The van der Waals surface area contributed by atoms with Gasteiger partial charge >= 0.3 is 12.4 Å². The molecule has 1 N–H and O–H groups in total. The zero-order valence-electron chi connectivity index (χ0n) is 17.8. The molecular weight excluding hydrogens is 607 g/mol. The van der Waals surface area contributed by atoms with E-state index >= 15 is 0 Å². The third-order valence-corrected chi connectivity index (χ3v) is 7.43. The first kappa shape index (κ1) is 29.8. The Kier molecular flexibility index (Phi) is 10.4. The van der Waals surface area contributed by atoms with Crippen molar-refractivity contribution in [2.24, 2.45) is 0 Å². The quantitative estimate of drug-likeness (QED) is 0.244. The number of carbonyl (C=O) groups is 1. The van der Waals surface area contributed by atoms with Crippen LogP contribution >= 0.6 is 39.1 Å². The van der Waals surface area contributed by atoms with Gasteiger partial charge in [0.2, 0.25) is 5.75 Å². The lowest BCUT2D eigenvalue weighted by atomic mass is 9.97.